The first-order chi connectivity index (χ1) is 20.4. The summed E-state index contributed by atoms with van der Waals surface area (Å²) in [6.45, 7) is 1.08. The number of halogens is 4. The van der Waals surface area contributed by atoms with E-state index in [0.29, 0.717) is 27.1 Å². The molecule has 0 bridgehead atoms. The van der Waals surface area contributed by atoms with Gasteiger partial charge in [0.2, 0.25) is 23.3 Å². The van der Waals surface area contributed by atoms with Crippen molar-refractivity contribution in [3.63, 3.8) is 0 Å². The Morgan fingerprint density at radius 2 is 1.84 bits per heavy atom. The van der Waals surface area contributed by atoms with E-state index in [9.17, 15) is 23.2 Å². The molecule has 1 aliphatic rings. The molecule has 10 nitrogen and oxygen atoms in total. The van der Waals surface area contributed by atoms with Gasteiger partial charge in [-0.15, -0.1) is 0 Å². The van der Waals surface area contributed by atoms with Crippen LogP contribution < -0.4 is 16.0 Å². The van der Waals surface area contributed by atoms with Gasteiger partial charge in [0.05, 0.1) is 24.3 Å². The second-order valence-corrected chi connectivity index (χ2v) is 11.2. The number of aryl methyl sites for hydroxylation is 2. The second kappa shape index (κ2) is 13.0. The smallest absolute Gasteiger partial charge is 0.249 e. The molecule has 2 amide bonds. The van der Waals surface area contributed by atoms with E-state index < -0.39 is 62.2 Å². The zero-order valence-electron chi connectivity index (χ0n) is 23.7. The minimum atomic E-state index is -2.43. The lowest BCUT2D eigenvalue weighted by molar-refractivity contribution is -0.135. The average Bonchev–Trinajstić information content (AvgIpc) is 3.35. The van der Waals surface area contributed by atoms with E-state index in [1.54, 1.807) is 44.4 Å². The van der Waals surface area contributed by atoms with Crippen LogP contribution in [0.25, 0.3) is 11.1 Å². The van der Waals surface area contributed by atoms with Gasteiger partial charge in [0.25, 0.3) is 0 Å². The van der Waals surface area contributed by atoms with E-state index in [2.05, 4.69) is 41.5 Å². The van der Waals surface area contributed by atoms with Crippen LogP contribution in [0.15, 0.2) is 41.3 Å². The highest BCUT2D eigenvalue weighted by Crippen LogP contribution is 2.34. The summed E-state index contributed by atoms with van der Waals surface area (Å²) >= 11 is 3.22. The van der Waals surface area contributed by atoms with Crippen molar-refractivity contribution < 1.29 is 33.0 Å². The summed E-state index contributed by atoms with van der Waals surface area (Å²) in [4.78, 5) is 52.3. The Morgan fingerprint density at radius 3 is 2.47 bits per heavy atom. The van der Waals surface area contributed by atoms with Crippen LogP contribution in [0.4, 0.5) is 24.7 Å². The maximum atomic E-state index is 15.2. The van der Waals surface area contributed by atoms with Crippen molar-refractivity contribution in [1.82, 2.24) is 19.9 Å². The molecule has 2 aromatic heterocycles. The van der Waals surface area contributed by atoms with Crippen molar-refractivity contribution in [1.29, 1.82) is 0 Å². The van der Waals surface area contributed by atoms with Gasteiger partial charge in [-0.05, 0) is 59.1 Å². The first-order valence-corrected chi connectivity index (χ1v) is 14.0. The van der Waals surface area contributed by atoms with Gasteiger partial charge < -0.3 is 15.5 Å². The maximum Gasteiger partial charge on any atom is 0.249 e. The maximum absolute atomic E-state index is 15.2. The van der Waals surface area contributed by atoms with Crippen LogP contribution in [0.1, 0.15) is 35.9 Å². The van der Waals surface area contributed by atoms with Crippen LogP contribution in [0.5, 0.6) is 0 Å². The molecule has 1 saturated heterocycles. The minimum Gasteiger partial charge on any atom is -0.375 e. The van der Waals surface area contributed by atoms with Crippen LogP contribution >= 0.6 is 15.9 Å². The number of Topliss-reactive ketones (excluding diaryl/α,β-unsaturated/α-hetero) is 1. The fraction of sp³-hybridized carbons (Fsp3) is 0.345. The molecule has 0 saturated carbocycles. The minimum absolute atomic E-state index is 0.0755. The van der Waals surface area contributed by atoms with E-state index in [1.807, 2.05) is 0 Å². The summed E-state index contributed by atoms with van der Waals surface area (Å²) in [5, 5.41) is 11.5. The molecule has 226 valence electrons. The van der Waals surface area contributed by atoms with Gasteiger partial charge in [-0.2, -0.15) is 0 Å². The van der Waals surface area contributed by atoms with E-state index in [-0.39, 0.29) is 28.3 Å². The average molecular weight is 662 g/mol. The largest absolute Gasteiger partial charge is 0.375 e. The third-order valence-electron chi connectivity index (χ3n) is 7.12. The Morgan fingerprint density at radius 1 is 1.14 bits per heavy atom. The molecule has 43 heavy (non-hydrogen) atoms. The summed E-state index contributed by atoms with van der Waals surface area (Å²) < 4.78 is 43.7. The second-order valence-electron chi connectivity index (χ2n) is 10.3. The van der Waals surface area contributed by atoms with E-state index in [1.165, 1.54) is 13.0 Å². The summed E-state index contributed by atoms with van der Waals surface area (Å²) in [5.41, 5.74) is -0.660. The number of pyridine rings is 1. The van der Waals surface area contributed by atoms with Gasteiger partial charge in [0.15, 0.2) is 5.67 Å². The number of nitrogens with one attached hydrogen (secondary N) is 2. The van der Waals surface area contributed by atoms with Gasteiger partial charge in [0, 0.05) is 36.9 Å². The first-order valence-electron chi connectivity index (χ1n) is 13.2. The molecule has 1 aliphatic heterocycles. The molecule has 0 radical (unpaired) electrons. The van der Waals surface area contributed by atoms with E-state index >= 15 is 4.39 Å². The predicted molar refractivity (Wildman–Crippen MR) is 157 cm³/mol. The molecular formula is C29H30BrF3N7O3+. The number of carbonyl (C=O) groups is 3. The highest BCUT2D eigenvalue weighted by atomic mass is 79.9. The highest BCUT2D eigenvalue weighted by Gasteiger charge is 2.49. The summed E-state index contributed by atoms with van der Waals surface area (Å²) in [7, 11) is 0. The lowest BCUT2D eigenvalue weighted by atomic mass is 9.95. The third-order valence-corrected chi connectivity index (χ3v) is 7.56. The Kier molecular flexibility index (Phi) is 9.58. The van der Waals surface area contributed by atoms with Crippen LogP contribution in [0, 0.1) is 13.8 Å². The zero-order valence-corrected chi connectivity index (χ0v) is 25.3. The summed E-state index contributed by atoms with van der Waals surface area (Å²) in [6.07, 6.45) is 2.52. The molecule has 4 rings (SSSR count). The molecule has 3 heterocycles. The molecule has 4 N–H and O–H groups in total. The number of carbonyl (C=O) groups excluding carboxylic acids is 3. The van der Waals surface area contributed by atoms with E-state index in [0.717, 1.165) is 4.90 Å². The van der Waals surface area contributed by atoms with Crippen molar-refractivity contribution in [3.8, 4) is 11.1 Å². The van der Waals surface area contributed by atoms with Gasteiger partial charge in [-0.3, -0.25) is 19.8 Å². The number of anilines is 2. The monoisotopic (exact) mass is 660 g/mol. The van der Waals surface area contributed by atoms with Crippen molar-refractivity contribution in [2.75, 3.05) is 30.4 Å². The molecule has 0 spiro atoms. The topological polar surface area (TPSA) is 143 Å². The number of ketones is 1. The fourth-order valence-corrected chi connectivity index (χ4v) is 5.06. The number of aromatic nitrogens is 3. The number of rotatable bonds is 10. The SMILES string of the molecule is CC(=O)C(=[NH2+])c1cc(-c2cnc(C)nc2)cc(CF)c1NCC(=O)N1C[C@@](F)(CF)C[C@H]1C(=O)Nc1nc(Br)ccc1C. The van der Waals surface area contributed by atoms with Crippen molar-refractivity contribution in [2.45, 2.75) is 45.6 Å². The Hall–Kier alpha value is -4.20. The number of hydrogen-bond donors (Lipinski definition) is 3. The van der Waals surface area contributed by atoms with Crippen molar-refractivity contribution in [3.05, 3.63) is 63.8 Å². The summed E-state index contributed by atoms with van der Waals surface area (Å²) in [5.74, 6) is -1.25. The number of hydrogen-bond acceptors (Lipinski definition) is 7. The number of alkyl halides is 3. The number of amides is 2. The number of likely N-dealkylation sites (tertiary alicyclic amines) is 1. The van der Waals surface area contributed by atoms with Gasteiger partial charge in [-0.1, -0.05) is 6.07 Å². The molecule has 1 fully saturated rings. The lowest BCUT2D eigenvalue weighted by Gasteiger charge is -2.25. The van der Waals surface area contributed by atoms with Crippen LogP contribution in [-0.2, 0) is 21.1 Å². The normalized spacial score (nSPS) is 17.9. The quantitative estimate of drug-likeness (QED) is 0.224. The van der Waals surface area contributed by atoms with E-state index in [4.69, 9.17) is 5.41 Å². The van der Waals surface area contributed by atoms with Crippen LogP contribution in [-0.4, -0.2) is 74.6 Å². The van der Waals surface area contributed by atoms with Gasteiger partial charge >= 0.3 is 0 Å². The summed E-state index contributed by atoms with van der Waals surface area (Å²) in [6, 6.07) is 5.09. The highest BCUT2D eigenvalue weighted by molar-refractivity contribution is 9.10. The third kappa shape index (κ3) is 7.07. The fourth-order valence-electron chi connectivity index (χ4n) is 4.75. The molecule has 3 aromatic rings. The lowest BCUT2D eigenvalue weighted by Crippen LogP contribution is -2.46. The van der Waals surface area contributed by atoms with Gasteiger partial charge in [0.1, 0.15) is 35.6 Å². The van der Waals surface area contributed by atoms with Crippen LogP contribution in [0.3, 0.4) is 0 Å². The van der Waals surface area contributed by atoms with Crippen LogP contribution in [0.2, 0.25) is 0 Å². The molecule has 0 aliphatic carbocycles. The van der Waals surface area contributed by atoms with Gasteiger partial charge in [-0.25, -0.2) is 28.1 Å². The molecule has 14 heteroatoms. The number of nitrogens with two attached hydrogens (primary N) is 1. The van der Waals surface area contributed by atoms with Crippen molar-refractivity contribution >= 4 is 50.7 Å². The predicted octanol–water partition coefficient (Wildman–Crippen LogP) is 2.85. The Bertz CT molecular complexity index is 1590. The number of benzene rings is 1. The first kappa shape index (κ1) is 31.7. The Labute approximate surface area is 254 Å². The standard InChI is InChI=1S/C29H29BrF3N7O3/c1-15-4-5-23(30)38-27(15)39-28(43)22-8-29(33,13-32)14-40(22)24(42)12-37-26-19(9-31)6-18(7-21(26)25(34)16(2)41)20-10-35-17(3)36-11-20/h4-7,10-11,22,34,37H,8-9,12-14H2,1-3H3,(H,38,39,43)/p+1/t22-,29-/m0/s1. The molecule has 0 unspecified atom stereocenters. The van der Waals surface area contributed by atoms with Crippen molar-refractivity contribution in [2.24, 2.45) is 0 Å². The molecular weight excluding hydrogens is 631 g/mol. The molecule has 2 atom stereocenters. The Balaban J connectivity index is 1.62. The molecule has 1 aromatic carbocycles. The number of nitrogens with zero attached hydrogens (tertiary/aromatic N) is 4. The zero-order chi connectivity index (χ0) is 31.5.